The summed E-state index contributed by atoms with van der Waals surface area (Å²) in [4.78, 5) is 0. The summed E-state index contributed by atoms with van der Waals surface area (Å²) in [6, 6.07) is 7.36. The van der Waals surface area contributed by atoms with Gasteiger partial charge in [0, 0.05) is 22.5 Å². The van der Waals surface area contributed by atoms with Crippen LogP contribution in [-0.2, 0) is 6.42 Å². The quantitative estimate of drug-likeness (QED) is 0.932. The number of aryl methyl sites for hydroxylation is 1. The van der Waals surface area contributed by atoms with Gasteiger partial charge in [-0.15, -0.1) is 10.2 Å². The van der Waals surface area contributed by atoms with Gasteiger partial charge in [0.1, 0.15) is 0 Å². The number of aromatic nitrogens is 2. The van der Waals surface area contributed by atoms with Crippen LogP contribution in [-0.4, -0.2) is 15.7 Å². The van der Waals surface area contributed by atoms with Crippen LogP contribution in [0, 0.1) is 0 Å². The molecule has 1 fully saturated rings. The fourth-order valence-electron chi connectivity index (χ4n) is 2.30. The Morgan fingerprint density at radius 1 is 1.21 bits per heavy atom. The summed E-state index contributed by atoms with van der Waals surface area (Å²) in [6.45, 7) is 0. The van der Waals surface area contributed by atoms with Crippen molar-refractivity contribution in [3.05, 3.63) is 35.2 Å². The van der Waals surface area contributed by atoms with E-state index >= 15 is 0 Å². The summed E-state index contributed by atoms with van der Waals surface area (Å²) in [5.74, 6) is 1.19. The molecule has 0 amide bonds. The third-order valence-electron chi connectivity index (χ3n) is 3.74. The van der Waals surface area contributed by atoms with Crippen molar-refractivity contribution in [1.29, 1.82) is 0 Å². The Morgan fingerprint density at radius 3 is 2.58 bits per heavy atom. The van der Waals surface area contributed by atoms with Crippen molar-refractivity contribution in [3.63, 3.8) is 0 Å². The second-order valence-corrected chi connectivity index (χ2v) is 5.66. The van der Waals surface area contributed by atoms with Crippen molar-refractivity contribution in [2.24, 2.45) is 5.73 Å². The average Bonchev–Trinajstić information content (AvgIpc) is 2.84. The zero-order valence-corrected chi connectivity index (χ0v) is 11.4. The molecule has 1 aromatic heterocycles. The molecule has 5 heteroatoms. The summed E-state index contributed by atoms with van der Waals surface area (Å²) in [6.07, 6.45) is 5.10. The largest absolute Gasteiger partial charge is 0.421 e. The van der Waals surface area contributed by atoms with Crippen LogP contribution < -0.4 is 5.73 Å². The summed E-state index contributed by atoms with van der Waals surface area (Å²) in [5, 5.41) is 8.82. The summed E-state index contributed by atoms with van der Waals surface area (Å²) in [5.41, 5.74) is 7.06. The van der Waals surface area contributed by atoms with Crippen LogP contribution in [0.3, 0.4) is 0 Å². The molecule has 0 bridgehead atoms. The molecule has 1 saturated carbocycles. The molecular weight excluding hydrogens is 262 g/mol. The van der Waals surface area contributed by atoms with E-state index in [1.165, 1.54) is 6.42 Å². The average molecular weight is 278 g/mol. The van der Waals surface area contributed by atoms with E-state index in [1.54, 1.807) is 0 Å². The molecule has 19 heavy (non-hydrogen) atoms. The van der Waals surface area contributed by atoms with Crippen LogP contribution in [0.25, 0.3) is 11.5 Å². The molecule has 0 spiro atoms. The Bertz CT molecular complexity index is 560. The van der Waals surface area contributed by atoms with Crippen molar-refractivity contribution < 1.29 is 4.42 Å². The molecule has 0 unspecified atom stereocenters. The Morgan fingerprint density at radius 2 is 1.95 bits per heavy atom. The summed E-state index contributed by atoms with van der Waals surface area (Å²) in [7, 11) is 0. The SMILES string of the molecule is NC1(CCc2nnc(-c3ccc(Cl)cc3)o2)CCC1. The molecule has 0 aliphatic heterocycles. The van der Waals surface area contributed by atoms with Crippen LogP contribution in [0.1, 0.15) is 31.6 Å². The standard InChI is InChI=1S/C14H16ClN3O/c15-11-4-2-10(3-5-11)13-18-17-12(19-13)6-9-14(16)7-1-8-14/h2-5H,1,6-9,16H2. The van der Waals surface area contributed by atoms with Crippen LogP contribution >= 0.6 is 11.6 Å². The molecule has 2 aromatic rings. The van der Waals surface area contributed by atoms with Gasteiger partial charge in [0.15, 0.2) is 0 Å². The van der Waals surface area contributed by atoms with Crippen LogP contribution in [0.5, 0.6) is 0 Å². The molecule has 1 aliphatic rings. The zero-order chi connectivity index (χ0) is 13.3. The predicted molar refractivity (Wildman–Crippen MR) is 73.8 cm³/mol. The minimum absolute atomic E-state index is 0.00505. The first-order chi connectivity index (χ1) is 9.15. The van der Waals surface area contributed by atoms with Gasteiger partial charge in [-0.3, -0.25) is 0 Å². The Kier molecular flexibility index (Phi) is 3.29. The minimum Gasteiger partial charge on any atom is -0.421 e. The van der Waals surface area contributed by atoms with E-state index in [2.05, 4.69) is 10.2 Å². The monoisotopic (exact) mass is 277 g/mol. The molecule has 1 aliphatic carbocycles. The van der Waals surface area contributed by atoms with Gasteiger partial charge < -0.3 is 10.2 Å². The van der Waals surface area contributed by atoms with Crippen molar-refractivity contribution >= 4 is 11.6 Å². The summed E-state index contributed by atoms with van der Waals surface area (Å²) < 4.78 is 5.65. The Balaban J connectivity index is 1.67. The molecule has 3 rings (SSSR count). The van der Waals surface area contributed by atoms with Crippen molar-refractivity contribution in [2.75, 3.05) is 0 Å². The van der Waals surface area contributed by atoms with Crippen molar-refractivity contribution in [3.8, 4) is 11.5 Å². The van der Waals surface area contributed by atoms with E-state index in [0.29, 0.717) is 16.8 Å². The number of benzene rings is 1. The molecule has 0 atom stereocenters. The molecule has 100 valence electrons. The molecule has 0 saturated heterocycles. The van der Waals surface area contributed by atoms with Gasteiger partial charge in [-0.25, -0.2) is 0 Å². The highest BCUT2D eigenvalue weighted by atomic mass is 35.5. The maximum absolute atomic E-state index is 6.18. The number of rotatable bonds is 4. The van der Waals surface area contributed by atoms with E-state index in [9.17, 15) is 0 Å². The number of halogens is 1. The van der Waals surface area contributed by atoms with Gasteiger partial charge in [0.05, 0.1) is 0 Å². The van der Waals surface area contributed by atoms with Crippen molar-refractivity contribution in [1.82, 2.24) is 10.2 Å². The van der Waals surface area contributed by atoms with E-state index in [0.717, 1.165) is 31.2 Å². The van der Waals surface area contributed by atoms with Crippen molar-refractivity contribution in [2.45, 2.75) is 37.6 Å². The lowest BCUT2D eigenvalue weighted by atomic mass is 9.75. The van der Waals surface area contributed by atoms with E-state index in [4.69, 9.17) is 21.8 Å². The molecular formula is C14H16ClN3O. The fraction of sp³-hybridized carbons (Fsp3) is 0.429. The highest BCUT2D eigenvalue weighted by Crippen LogP contribution is 2.33. The maximum Gasteiger partial charge on any atom is 0.247 e. The third-order valence-corrected chi connectivity index (χ3v) is 4.00. The number of hydrogen-bond acceptors (Lipinski definition) is 4. The van der Waals surface area contributed by atoms with Gasteiger partial charge in [-0.1, -0.05) is 11.6 Å². The predicted octanol–water partition coefficient (Wildman–Crippen LogP) is 3.20. The highest BCUT2D eigenvalue weighted by Gasteiger charge is 2.32. The topological polar surface area (TPSA) is 64.9 Å². The zero-order valence-electron chi connectivity index (χ0n) is 10.6. The fourth-order valence-corrected chi connectivity index (χ4v) is 2.43. The second kappa shape index (κ2) is 4.94. The maximum atomic E-state index is 6.18. The second-order valence-electron chi connectivity index (χ2n) is 5.22. The van der Waals surface area contributed by atoms with E-state index in [-0.39, 0.29) is 5.54 Å². The molecule has 1 aromatic carbocycles. The van der Waals surface area contributed by atoms with Gasteiger partial charge in [-0.05, 0) is 49.9 Å². The number of hydrogen-bond donors (Lipinski definition) is 1. The molecule has 1 heterocycles. The van der Waals surface area contributed by atoms with Gasteiger partial charge in [0.25, 0.3) is 0 Å². The van der Waals surface area contributed by atoms with Crippen LogP contribution in [0.15, 0.2) is 28.7 Å². The van der Waals surface area contributed by atoms with Gasteiger partial charge in [0.2, 0.25) is 11.8 Å². The lowest BCUT2D eigenvalue weighted by Crippen LogP contribution is -2.46. The third kappa shape index (κ3) is 2.80. The molecule has 0 radical (unpaired) electrons. The first-order valence-corrected chi connectivity index (χ1v) is 6.90. The van der Waals surface area contributed by atoms with E-state index in [1.807, 2.05) is 24.3 Å². The lowest BCUT2D eigenvalue weighted by molar-refractivity contribution is 0.226. The summed E-state index contributed by atoms with van der Waals surface area (Å²) >= 11 is 5.85. The minimum atomic E-state index is -0.00505. The van der Waals surface area contributed by atoms with E-state index < -0.39 is 0 Å². The number of nitrogens with zero attached hydrogens (tertiary/aromatic N) is 2. The van der Waals surface area contributed by atoms with Crippen LogP contribution in [0.4, 0.5) is 0 Å². The Hall–Kier alpha value is -1.39. The van der Waals surface area contributed by atoms with Crippen LogP contribution in [0.2, 0.25) is 5.02 Å². The molecule has 4 nitrogen and oxygen atoms in total. The first kappa shape index (κ1) is 12.6. The first-order valence-electron chi connectivity index (χ1n) is 6.52. The normalized spacial score (nSPS) is 17.2. The molecule has 2 N–H and O–H groups in total. The lowest BCUT2D eigenvalue weighted by Gasteiger charge is -2.37. The smallest absolute Gasteiger partial charge is 0.247 e. The highest BCUT2D eigenvalue weighted by molar-refractivity contribution is 6.30. The van der Waals surface area contributed by atoms with Gasteiger partial charge in [-0.2, -0.15) is 0 Å². The van der Waals surface area contributed by atoms with Gasteiger partial charge >= 0.3 is 0 Å². The number of nitrogens with two attached hydrogens (primary N) is 1. The Labute approximate surface area is 117 Å².